The highest BCUT2D eigenvalue weighted by Crippen LogP contribution is 2.26. The fourth-order valence-corrected chi connectivity index (χ4v) is 2.25. The predicted octanol–water partition coefficient (Wildman–Crippen LogP) is -0.463. The average molecular weight is 358 g/mol. The molecule has 0 saturated carbocycles. The van der Waals surface area contributed by atoms with E-state index >= 15 is 0 Å². The molecule has 1 saturated heterocycles. The maximum Gasteiger partial charge on any atom is 0.342 e. The molecule has 140 valence electrons. The Labute approximate surface area is 144 Å². The summed E-state index contributed by atoms with van der Waals surface area (Å²) in [5.41, 5.74) is 0.101. The molecule has 5 N–H and O–H groups in total. The molecule has 1 aromatic carbocycles. The van der Waals surface area contributed by atoms with Gasteiger partial charge in [0.2, 0.25) is 0 Å². The van der Waals surface area contributed by atoms with Gasteiger partial charge in [-0.15, -0.1) is 0 Å². The van der Waals surface area contributed by atoms with Crippen molar-refractivity contribution in [3.63, 3.8) is 0 Å². The quantitative estimate of drug-likeness (QED) is 0.273. The van der Waals surface area contributed by atoms with Gasteiger partial charge in [-0.25, -0.2) is 4.79 Å². The molecule has 0 radical (unpaired) electrons. The number of aliphatic hydroxyl groups excluding tert-OH is 3. The average Bonchev–Trinajstić information content (AvgIpc) is 2.81. The van der Waals surface area contributed by atoms with Crippen LogP contribution in [0.4, 0.5) is 0 Å². The molecule has 2 rings (SSSR count). The van der Waals surface area contributed by atoms with Crippen molar-refractivity contribution >= 4 is 11.8 Å². The van der Waals surface area contributed by atoms with Gasteiger partial charge in [0.25, 0.3) is 0 Å². The van der Waals surface area contributed by atoms with Crippen molar-refractivity contribution in [1.82, 2.24) is 0 Å². The minimum atomic E-state index is -1.44. The minimum absolute atomic E-state index is 0.179. The number of aromatic hydroxyl groups is 1. The van der Waals surface area contributed by atoms with Gasteiger partial charge in [0.05, 0.1) is 6.10 Å². The SMILES string of the molecule is CCC(=O)c1ccc(O)c(C(=O)OC2C(C)OC(O)C2O)c1.OCO. The van der Waals surface area contributed by atoms with Gasteiger partial charge in [-0.1, -0.05) is 6.92 Å². The molecule has 1 fully saturated rings. The van der Waals surface area contributed by atoms with Crippen LogP contribution in [0.3, 0.4) is 0 Å². The summed E-state index contributed by atoms with van der Waals surface area (Å²) in [5.74, 6) is -1.42. The van der Waals surface area contributed by atoms with E-state index in [1.165, 1.54) is 25.1 Å². The van der Waals surface area contributed by atoms with E-state index in [-0.39, 0.29) is 29.1 Å². The molecule has 1 aliphatic heterocycles. The largest absolute Gasteiger partial charge is 0.507 e. The van der Waals surface area contributed by atoms with Crippen molar-refractivity contribution in [1.29, 1.82) is 0 Å². The van der Waals surface area contributed by atoms with Crippen LogP contribution in [-0.2, 0) is 9.47 Å². The Balaban J connectivity index is 0.000000970. The molecule has 4 atom stereocenters. The summed E-state index contributed by atoms with van der Waals surface area (Å²) < 4.78 is 10.0. The smallest absolute Gasteiger partial charge is 0.342 e. The molecule has 1 heterocycles. The van der Waals surface area contributed by atoms with Crippen LogP contribution in [0.5, 0.6) is 5.75 Å². The van der Waals surface area contributed by atoms with E-state index in [4.69, 9.17) is 19.7 Å². The second kappa shape index (κ2) is 9.44. The molecule has 0 spiro atoms. The lowest BCUT2D eigenvalue weighted by Crippen LogP contribution is -2.36. The molecule has 1 aromatic rings. The molecule has 0 amide bonds. The fraction of sp³-hybridized carbons (Fsp3) is 0.500. The maximum absolute atomic E-state index is 12.1. The summed E-state index contributed by atoms with van der Waals surface area (Å²) in [6.07, 6.45) is -4.31. The summed E-state index contributed by atoms with van der Waals surface area (Å²) in [6, 6.07) is 3.89. The normalized spacial score (nSPS) is 25.0. The van der Waals surface area contributed by atoms with Gasteiger partial charge in [0.1, 0.15) is 24.2 Å². The van der Waals surface area contributed by atoms with Crippen molar-refractivity contribution in [2.24, 2.45) is 0 Å². The van der Waals surface area contributed by atoms with Crippen LogP contribution in [-0.4, -0.2) is 68.7 Å². The highest BCUT2D eigenvalue weighted by atomic mass is 16.7. The van der Waals surface area contributed by atoms with Crippen LogP contribution < -0.4 is 0 Å². The maximum atomic E-state index is 12.1. The summed E-state index contributed by atoms with van der Waals surface area (Å²) in [5, 5.41) is 43.1. The summed E-state index contributed by atoms with van der Waals surface area (Å²) in [6.45, 7) is 2.47. The number of benzene rings is 1. The Morgan fingerprint density at radius 3 is 2.32 bits per heavy atom. The first kappa shape index (κ1) is 21.0. The zero-order valence-corrected chi connectivity index (χ0v) is 13.8. The molecular weight excluding hydrogens is 336 g/mol. The van der Waals surface area contributed by atoms with Crippen molar-refractivity contribution in [3.05, 3.63) is 29.3 Å². The fourth-order valence-electron chi connectivity index (χ4n) is 2.25. The van der Waals surface area contributed by atoms with Crippen molar-refractivity contribution in [2.45, 2.75) is 44.9 Å². The number of hydrogen-bond donors (Lipinski definition) is 5. The number of Topliss-reactive ketones (excluding diaryl/α,β-unsaturated/α-hetero) is 1. The monoisotopic (exact) mass is 358 g/mol. The zero-order chi connectivity index (χ0) is 19.1. The third kappa shape index (κ3) is 5.21. The minimum Gasteiger partial charge on any atom is -0.507 e. The van der Waals surface area contributed by atoms with Crippen LogP contribution in [0.1, 0.15) is 41.0 Å². The zero-order valence-electron chi connectivity index (χ0n) is 13.8. The molecule has 9 nitrogen and oxygen atoms in total. The lowest BCUT2D eigenvalue weighted by Gasteiger charge is -2.18. The Morgan fingerprint density at radius 1 is 1.24 bits per heavy atom. The van der Waals surface area contributed by atoms with Crippen molar-refractivity contribution in [3.8, 4) is 5.75 Å². The van der Waals surface area contributed by atoms with Gasteiger partial charge in [-0.05, 0) is 25.1 Å². The molecule has 1 aliphatic rings. The van der Waals surface area contributed by atoms with E-state index in [1.807, 2.05) is 0 Å². The standard InChI is InChI=1S/C15H18O7.CH4O2/c1-3-10(16)8-4-5-11(17)9(6-8)14(19)22-13-7(2)21-15(20)12(13)18;2-1-3/h4-7,12-13,15,17-18,20H,3H2,1-2H3;2-3H,1H2. The molecule has 4 unspecified atom stereocenters. The van der Waals surface area contributed by atoms with E-state index in [9.17, 15) is 24.9 Å². The van der Waals surface area contributed by atoms with Gasteiger partial charge in [-0.3, -0.25) is 4.79 Å². The first-order valence-corrected chi connectivity index (χ1v) is 7.57. The lowest BCUT2D eigenvalue weighted by atomic mass is 10.0. The summed E-state index contributed by atoms with van der Waals surface area (Å²) in [4.78, 5) is 23.8. The van der Waals surface area contributed by atoms with Gasteiger partial charge in [-0.2, -0.15) is 0 Å². The number of ether oxygens (including phenoxy) is 2. The van der Waals surface area contributed by atoms with E-state index < -0.39 is 37.4 Å². The Bertz CT molecular complexity index is 601. The van der Waals surface area contributed by atoms with Crippen LogP contribution >= 0.6 is 0 Å². The molecule has 25 heavy (non-hydrogen) atoms. The van der Waals surface area contributed by atoms with Crippen LogP contribution in [0.2, 0.25) is 0 Å². The Hall–Kier alpha value is -2.04. The van der Waals surface area contributed by atoms with Crippen LogP contribution in [0.15, 0.2) is 18.2 Å². The number of rotatable bonds is 4. The highest BCUT2D eigenvalue weighted by Gasteiger charge is 2.43. The topological polar surface area (TPSA) is 154 Å². The van der Waals surface area contributed by atoms with Crippen LogP contribution in [0.25, 0.3) is 0 Å². The highest BCUT2D eigenvalue weighted by molar-refractivity contribution is 6.00. The number of esters is 1. The number of aliphatic hydroxyl groups is 4. The third-order valence-electron chi connectivity index (χ3n) is 3.55. The van der Waals surface area contributed by atoms with Gasteiger partial charge in [0.15, 0.2) is 18.2 Å². The van der Waals surface area contributed by atoms with Crippen LogP contribution in [0, 0.1) is 0 Å². The van der Waals surface area contributed by atoms with E-state index in [0.29, 0.717) is 0 Å². The van der Waals surface area contributed by atoms with Gasteiger partial charge >= 0.3 is 5.97 Å². The Morgan fingerprint density at radius 2 is 1.84 bits per heavy atom. The number of phenols is 1. The number of hydrogen-bond acceptors (Lipinski definition) is 9. The number of carbonyl (C=O) groups excluding carboxylic acids is 2. The molecule has 0 aliphatic carbocycles. The number of carbonyl (C=O) groups is 2. The van der Waals surface area contributed by atoms with E-state index in [2.05, 4.69) is 0 Å². The molecular formula is C16H22O9. The molecule has 9 heteroatoms. The molecule has 0 aromatic heterocycles. The number of ketones is 1. The van der Waals surface area contributed by atoms with E-state index in [0.717, 1.165) is 0 Å². The van der Waals surface area contributed by atoms with Gasteiger partial charge < -0.3 is 35.0 Å². The lowest BCUT2D eigenvalue weighted by molar-refractivity contribution is -0.124. The first-order chi connectivity index (χ1) is 11.8. The molecule has 0 bridgehead atoms. The van der Waals surface area contributed by atoms with Crippen molar-refractivity contribution < 1.29 is 44.6 Å². The van der Waals surface area contributed by atoms with E-state index in [1.54, 1.807) is 6.92 Å². The van der Waals surface area contributed by atoms with Crippen molar-refractivity contribution in [2.75, 3.05) is 6.79 Å². The summed E-state index contributed by atoms with van der Waals surface area (Å²) in [7, 11) is 0. The first-order valence-electron chi connectivity index (χ1n) is 7.57. The van der Waals surface area contributed by atoms with Gasteiger partial charge in [0, 0.05) is 12.0 Å². The second-order valence-electron chi connectivity index (χ2n) is 5.24. The predicted molar refractivity (Wildman–Crippen MR) is 83.8 cm³/mol. The third-order valence-corrected chi connectivity index (χ3v) is 3.55. The Kier molecular flexibility index (Phi) is 7.94. The summed E-state index contributed by atoms with van der Waals surface area (Å²) >= 11 is 0. The number of phenolic OH excluding ortho intramolecular Hbond substituents is 1. The second-order valence-corrected chi connectivity index (χ2v) is 5.24.